The minimum atomic E-state index is -0.121. The summed E-state index contributed by atoms with van der Waals surface area (Å²) in [6.07, 6.45) is 0. The third-order valence-corrected chi connectivity index (χ3v) is 5.74. The average molecular weight is 409 g/mol. The van der Waals surface area contributed by atoms with Gasteiger partial charge < -0.3 is 9.30 Å². The number of imidazole rings is 1. The lowest BCUT2D eigenvalue weighted by Gasteiger charge is -2.18. The highest BCUT2D eigenvalue weighted by molar-refractivity contribution is 8.14. The summed E-state index contributed by atoms with van der Waals surface area (Å²) >= 11 is 1.25. The lowest BCUT2D eigenvalue weighted by atomic mass is 10.1. The Morgan fingerprint density at radius 1 is 1.21 bits per heavy atom. The quantitative estimate of drug-likeness (QED) is 0.651. The van der Waals surface area contributed by atoms with E-state index in [0.29, 0.717) is 5.92 Å². The molecule has 150 valence electrons. The minimum Gasteiger partial charge on any atom is -0.497 e. The Morgan fingerprint density at radius 2 is 2.03 bits per heavy atom. The van der Waals surface area contributed by atoms with Gasteiger partial charge in [-0.25, -0.2) is 10.4 Å². The van der Waals surface area contributed by atoms with Gasteiger partial charge >= 0.3 is 0 Å². The average Bonchev–Trinajstić information content (AvgIpc) is 3.05. The molecule has 7 heteroatoms. The molecule has 3 aromatic rings. The molecule has 6 nitrogen and oxygen atoms in total. The number of aromatic nitrogens is 2. The molecule has 1 unspecified atom stereocenters. The number of thioether (sulfide) groups is 1. The van der Waals surface area contributed by atoms with E-state index < -0.39 is 0 Å². The van der Waals surface area contributed by atoms with E-state index in [9.17, 15) is 4.79 Å². The molecule has 1 N–H and O–H groups in total. The second-order valence-electron chi connectivity index (χ2n) is 7.53. The second kappa shape index (κ2) is 7.91. The number of nitrogens with one attached hydrogen (secondary N) is 1. The molecule has 0 bridgehead atoms. The number of rotatable bonds is 5. The number of nitrogens with zero attached hydrogens (tertiary/aromatic N) is 3. The maximum Gasteiger partial charge on any atom is 0.299 e. The van der Waals surface area contributed by atoms with Crippen LogP contribution >= 0.6 is 11.8 Å². The Balaban J connectivity index is 1.84. The summed E-state index contributed by atoms with van der Waals surface area (Å²) in [4.78, 5) is 16.5. The van der Waals surface area contributed by atoms with E-state index in [2.05, 4.69) is 53.2 Å². The molecule has 0 saturated carbocycles. The van der Waals surface area contributed by atoms with Crippen molar-refractivity contribution in [2.75, 3.05) is 7.11 Å². The van der Waals surface area contributed by atoms with Crippen LogP contribution in [0.4, 0.5) is 4.79 Å². The zero-order valence-corrected chi connectivity index (χ0v) is 17.8. The number of methoxy groups -OCH3 is 1. The maximum atomic E-state index is 11.5. The van der Waals surface area contributed by atoms with Crippen molar-refractivity contribution in [3.8, 4) is 17.1 Å². The number of amides is 1. The van der Waals surface area contributed by atoms with Crippen molar-refractivity contribution < 1.29 is 9.53 Å². The van der Waals surface area contributed by atoms with E-state index in [1.54, 1.807) is 7.11 Å². The van der Waals surface area contributed by atoms with E-state index in [0.717, 1.165) is 46.0 Å². The van der Waals surface area contributed by atoms with Crippen LogP contribution in [-0.4, -0.2) is 32.9 Å². The topological polar surface area (TPSA) is 68.5 Å². The molecule has 1 aliphatic heterocycles. The van der Waals surface area contributed by atoms with Gasteiger partial charge in [-0.1, -0.05) is 43.8 Å². The largest absolute Gasteiger partial charge is 0.497 e. The van der Waals surface area contributed by atoms with Gasteiger partial charge in [0, 0.05) is 17.7 Å². The Labute approximate surface area is 174 Å². The fourth-order valence-electron chi connectivity index (χ4n) is 3.56. The predicted molar refractivity (Wildman–Crippen MR) is 119 cm³/mol. The summed E-state index contributed by atoms with van der Waals surface area (Å²) in [5, 5.41) is 4.15. The van der Waals surface area contributed by atoms with Crippen LogP contribution in [0.3, 0.4) is 0 Å². The highest BCUT2D eigenvalue weighted by atomic mass is 32.2. The van der Waals surface area contributed by atoms with E-state index >= 15 is 0 Å². The zero-order chi connectivity index (χ0) is 20.5. The van der Waals surface area contributed by atoms with Crippen molar-refractivity contribution >= 4 is 33.7 Å². The van der Waals surface area contributed by atoms with Crippen LogP contribution in [0, 0.1) is 5.92 Å². The number of benzene rings is 2. The molecule has 4 rings (SSSR count). The molecular weight excluding hydrogens is 384 g/mol. The number of carbonyl (C=O) groups is 1. The van der Waals surface area contributed by atoms with Gasteiger partial charge in [0.05, 0.1) is 29.1 Å². The smallest absolute Gasteiger partial charge is 0.299 e. The molecule has 2 aromatic carbocycles. The van der Waals surface area contributed by atoms with Crippen molar-refractivity contribution in [2.45, 2.75) is 32.6 Å². The highest BCUT2D eigenvalue weighted by Gasteiger charge is 2.23. The third kappa shape index (κ3) is 3.87. The molecule has 0 saturated heterocycles. The van der Waals surface area contributed by atoms with Crippen LogP contribution < -0.4 is 10.2 Å². The first-order chi connectivity index (χ1) is 14.0. The Bertz CT molecular complexity index is 1100. The summed E-state index contributed by atoms with van der Waals surface area (Å²) in [5.41, 5.74) is 7.42. The van der Waals surface area contributed by atoms with Crippen molar-refractivity contribution in [3.63, 3.8) is 0 Å². The third-order valence-electron chi connectivity index (χ3n) is 4.86. The molecule has 0 aliphatic carbocycles. The van der Waals surface area contributed by atoms with Crippen molar-refractivity contribution in [2.24, 2.45) is 11.0 Å². The van der Waals surface area contributed by atoms with E-state index in [1.165, 1.54) is 11.8 Å². The normalized spacial score (nSPS) is 16.8. The maximum absolute atomic E-state index is 11.5. The van der Waals surface area contributed by atoms with Crippen LogP contribution in [-0.2, 0) is 6.54 Å². The number of fused-ring (bicyclic) bond motifs is 1. The van der Waals surface area contributed by atoms with Crippen molar-refractivity contribution in [1.82, 2.24) is 15.0 Å². The summed E-state index contributed by atoms with van der Waals surface area (Å²) in [6.45, 7) is 7.26. The number of ether oxygens (including phenoxy) is 1. The highest BCUT2D eigenvalue weighted by Crippen LogP contribution is 2.30. The first-order valence-corrected chi connectivity index (χ1v) is 10.5. The monoisotopic (exact) mass is 408 g/mol. The van der Waals surface area contributed by atoms with Crippen LogP contribution in [0.2, 0.25) is 0 Å². The molecule has 1 atom stereocenters. The van der Waals surface area contributed by atoms with Gasteiger partial charge in [0.1, 0.15) is 11.6 Å². The number of hydrazone groups is 1. The summed E-state index contributed by atoms with van der Waals surface area (Å²) in [7, 11) is 1.67. The van der Waals surface area contributed by atoms with Crippen LogP contribution in [0.15, 0.2) is 47.6 Å². The lowest BCUT2D eigenvalue weighted by Crippen LogP contribution is -2.29. The van der Waals surface area contributed by atoms with Gasteiger partial charge in [-0.05, 0) is 37.1 Å². The molecule has 1 amide bonds. The summed E-state index contributed by atoms with van der Waals surface area (Å²) in [6, 6.07) is 14.2. The molecule has 1 aliphatic rings. The van der Waals surface area contributed by atoms with Gasteiger partial charge in [-0.2, -0.15) is 5.10 Å². The van der Waals surface area contributed by atoms with Gasteiger partial charge in [0.15, 0.2) is 0 Å². The number of hydrogen-bond acceptors (Lipinski definition) is 5. The SMILES string of the molecule is COc1cccc(-c2nc3cc(C4=NNC(=O)SC4C)ccc3n2CC(C)C)c1. The lowest BCUT2D eigenvalue weighted by molar-refractivity contribution is 0.261. The molecular formula is C22H24N4O2S. The van der Waals surface area contributed by atoms with E-state index in [4.69, 9.17) is 9.72 Å². The summed E-state index contributed by atoms with van der Waals surface area (Å²) < 4.78 is 7.67. The fourth-order valence-corrected chi connectivity index (χ4v) is 4.28. The standard InChI is InChI=1S/C22H24N4O2S/c1-13(2)12-26-19-9-8-15(20-14(3)29-22(27)25-24-20)11-18(19)23-21(26)16-6-5-7-17(10-16)28-4/h5-11,13-14H,12H2,1-4H3,(H,25,27). The van der Waals surface area contributed by atoms with Crippen LogP contribution in [0.25, 0.3) is 22.4 Å². The van der Waals surface area contributed by atoms with Gasteiger partial charge in [0.25, 0.3) is 5.24 Å². The Kier molecular flexibility index (Phi) is 5.32. The molecule has 0 spiro atoms. The Hall–Kier alpha value is -2.80. The molecule has 0 fully saturated rings. The molecule has 1 aromatic heterocycles. The van der Waals surface area contributed by atoms with Gasteiger partial charge in [-0.3, -0.25) is 4.79 Å². The van der Waals surface area contributed by atoms with Crippen molar-refractivity contribution in [3.05, 3.63) is 48.0 Å². The molecule has 29 heavy (non-hydrogen) atoms. The first-order valence-electron chi connectivity index (χ1n) is 9.65. The number of hydrogen-bond donors (Lipinski definition) is 1. The van der Waals surface area contributed by atoms with Crippen LogP contribution in [0.1, 0.15) is 26.3 Å². The first kappa shape index (κ1) is 19.5. The zero-order valence-electron chi connectivity index (χ0n) is 17.0. The predicted octanol–water partition coefficient (Wildman–Crippen LogP) is 4.92. The number of carbonyl (C=O) groups excluding carboxylic acids is 1. The van der Waals surface area contributed by atoms with Gasteiger partial charge in [-0.15, -0.1) is 0 Å². The minimum absolute atomic E-state index is 0.00296. The van der Waals surface area contributed by atoms with Gasteiger partial charge in [0.2, 0.25) is 0 Å². The van der Waals surface area contributed by atoms with E-state index in [-0.39, 0.29) is 10.5 Å². The second-order valence-corrected chi connectivity index (χ2v) is 8.85. The summed E-state index contributed by atoms with van der Waals surface area (Å²) in [5.74, 6) is 2.21. The molecule has 2 heterocycles. The van der Waals surface area contributed by atoms with Crippen LogP contribution in [0.5, 0.6) is 5.75 Å². The van der Waals surface area contributed by atoms with E-state index in [1.807, 2.05) is 25.1 Å². The van der Waals surface area contributed by atoms with Crippen molar-refractivity contribution in [1.29, 1.82) is 0 Å². The molecule has 0 radical (unpaired) electrons. The Morgan fingerprint density at radius 3 is 2.76 bits per heavy atom. The fraction of sp³-hybridized carbons (Fsp3) is 0.318.